The van der Waals surface area contributed by atoms with E-state index in [1.807, 2.05) is 0 Å². The average molecular weight is 186 g/mol. The number of rotatable bonds is 2. The topological polar surface area (TPSA) is 71.7 Å². The molecule has 0 aromatic rings. The van der Waals surface area contributed by atoms with Gasteiger partial charge in [-0.2, -0.15) is 0 Å². The molecule has 1 aliphatic rings. The summed E-state index contributed by atoms with van der Waals surface area (Å²) in [7, 11) is 1.69. The van der Waals surface area contributed by atoms with Crippen LogP contribution in [0.15, 0.2) is 4.99 Å². The standard InChI is InChI=1S/C8H18N4O/c1-6(7-3-4-13-5-7)11-8(10-2)12-9/h6-7H,3-5,9H2,1-2H3,(H2,10,11,12). The van der Waals surface area contributed by atoms with Gasteiger partial charge in [-0.15, -0.1) is 0 Å². The molecule has 5 nitrogen and oxygen atoms in total. The van der Waals surface area contributed by atoms with Crippen molar-refractivity contribution in [2.75, 3.05) is 20.3 Å². The minimum absolute atomic E-state index is 0.345. The Bertz CT molecular complexity index is 177. The van der Waals surface area contributed by atoms with Crippen molar-refractivity contribution in [3.63, 3.8) is 0 Å². The maximum Gasteiger partial charge on any atom is 0.205 e. The van der Waals surface area contributed by atoms with E-state index >= 15 is 0 Å². The van der Waals surface area contributed by atoms with Crippen LogP contribution < -0.4 is 16.6 Å². The van der Waals surface area contributed by atoms with Crippen molar-refractivity contribution in [3.8, 4) is 0 Å². The third kappa shape index (κ3) is 2.86. The molecule has 0 aromatic carbocycles. The molecule has 13 heavy (non-hydrogen) atoms. The van der Waals surface area contributed by atoms with Gasteiger partial charge in [0.1, 0.15) is 0 Å². The second-order valence-electron chi connectivity index (χ2n) is 3.27. The maximum atomic E-state index is 5.30. The SMILES string of the molecule is CN=C(NN)NC(C)C1CCOC1. The zero-order valence-electron chi connectivity index (χ0n) is 8.21. The highest BCUT2D eigenvalue weighted by atomic mass is 16.5. The first kappa shape index (κ1) is 10.3. The van der Waals surface area contributed by atoms with Crippen molar-refractivity contribution in [3.05, 3.63) is 0 Å². The number of hydrogen-bond acceptors (Lipinski definition) is 3. The van der Waals surface area contributed by atoms with E-state index < -0.39 is 0 Å². The van der Waals surface area contributed by atoms with Gasteiger partial charge in [-0.1, -0.05) is 0 Å². The van der Waals surface area contributed by atoms with Crippen LogP contribution in [0.3, 0.4) is 0 Å². The number of nitrogens with zero attached hydrogens (tertiary/aromatic N) is 1. The summed E-state index contributed by atoms with van der Waals surface area (Å²) in [6, 6.07) is 0.345. The Balaban J connectivity index is 2.34. The Morgan fingerprint density at radius 1 is 1.69 bits per heavy atom. The molecule has 0 bridgehead atoms. The quantitative estimate of drug-likeness (QED) is 0.234. The van der Waals surface area contributed by atoms with Gasteiger partial charge >= 0.3 is 0 Å². The molecule has 2 unspecified atom stereocenters. The number of aliphatic imine (C=N–C) groups is 1. The first-order valence-electron chi connectivity index (χ1n) is 4.55. The summed E-state index contributed by atoms with van der Waals surface area (Å²) in [5, 5.41) is 3.19. The van der Waals surface area contributed by atoms with Gasteiger partial charge in [0.05, 0.1) is 6.61 Å². The van der Waals surface area contributed by atoms with Crippen LogP contribution in [0, 0.1) is 5.92 Å². The minimum atomic E-state index is 0.345. The van der Waals surface area contributed by atoms with Gasteiger partial charge < -0.3 is 10.1 Å². The summed E-state index contributed by atoms with van der Waals surface area (Å²) in [6.45, 7) is 3.81. The molecule has 0 aliphatic carbocycles. The van der Waals surface area contributed by atoms with Crippen molar-refractivity contribution < 1.29 is 4.74 Å². The fourth-order valence-electron chi connectivity index (χ4n) is 1.45. The fraction of sp³-hybridized carbons (Fsp3) is 0.875. The highest BCUT2D eigenvalue weighted by Gasteiger charge is 2.22. The van der Waals surface area contributed by atoms with E-state index in [0.29, 0.717) is 17.9 Å². The van der Waals surface area contributed by atoms with Crippen molar-refractivity contribution in [2.45, 2.75) is 19.4 Å². The molecule has 1 aliphatic heterocycles. The summed E-state index contributed by atoms with van der Waals surface area (Å²) < 4.78 is 5.30. The van der Waals surface area contributed by atoms with E-state index in [1.54, 1.807) is 7.05 Å². The molecule has 0 saturated carbocycles. The lowest BCUT2D eigenvalue weighted by atomic mass is 10.0. The van der Waals surface area contributed by atoms with Gasteiger partial charge in [0.2, 0.25) is 5.96 Å². The van der Waals surface area contributed by atoms with E-state index in [1.165, 1.54) is 0 Å². The second-order valence-corrected chi connectivity index (χ2v) is 3.27. The van der Waals surface area contributed by atoms with Gasteiger partial charge in [-0.3, -0.25) is 10.4 Å². The molecule has 0 radical (unpaired) electrons. The van der Waals surface area contributed by atoms with Gasteiger partial charge in [0, 0.05) is 25.6 Å². The first-order chi connectivity index (χ1) is 6.27. The van der Waals surface area contributed by atoms with E-state index in [4.69, 9.17) is 10.6 Å². The van der Waals surface area contributed by atoms with Gasteiger partial charge in [-0.05, 0) is 13.3 Å². The smallest absolute Gasteiger partial charge is 0.205 e. The zero-order valence-corrected chi connectivity index (χ0v) is 8.21. The summed E-state index contributed by atoms with van der Waals surface area (Å²) >= 11 is 0. The normalized spacial score (nSPS) is 25.8. The van der Waals surface area contributed by atoms with Crippen LogP contribution in [0.4, 0.5) is 0 Å². The fourth-order valence-corrected chi connectivity index (χ4v) is 1.45. The Hall–Kier alpha value is -0.810. The predicted octanol–water partition coefficient (Wildman–Crippen LogP) is -0.550. The van der Waals surface area contributed by atoms with Gasteiger partial charge in [0.15, 0.2) is 0 Å². The number of ether oxygens (including phenoxy) is 1. The zero-order chi connectivity index (χ0) is 9.68. The third-order valence-electron chi connectivity index (χ3n) is 2.40. The van der Waals surface area contributed by atoms with E-state index in [0.717, 1.165) is 19.6 Å². The Kier molecular flexibility index (Phi) is 3.98. The van der Waals surface area contributed by atoms with Crippen molar-refractivity contribution in [1.82, 2.24) is 10.7 Å². The van der Waals surface area contributed by atoms with Gasteiger partial charge in [0.25, 0.3) is 0 Å². The lowest BCUT2D eigenvalue weighted by molar-refractivity contribution is 0.180. The third-order valence-corrected chi connectivity index (χ3v) is 2.40. The molecule has 2 atom stereocenters. The molecule has 0 amide bonds. The summed E-state index contributed by atoms with van der Waals surface area (Å²) in [5.74, 6) is 6.44. The lowest BCUT2D eigenvalue weighted by Crippen LogP contribution is -2.47. The Labute approximate surface area is 78.7 Å². The number of hydrogen-bond donors (Lipinski definition) is 3. The monoisotopic (exact) mass is 186 g/mol. The minimum Gasteiger partial charge on any atom is -0.381 e. The maximum absolute atomic E-state index is 5.30. The lowest BCUT2D eigenvalue weighted by Gasteiger charge is -2.20. The molecule has 1 saturated heterocycles. The molecule has 5 heteroatoms. The van der Waals surface area contributed by atoms with Crippen molar-refractivity contribution in [2.24, 2.45) is 16.8 Å². The van der Waals surface area contributed by atoms with Gasteiger partial charge in [-0.25, -0.2) is 5.84 Å². The summed E-state index contributed by atoms with van der Waals surface area (Å²) in [5.41, 5.74) is 2.50. The molecule has 0 aromatic heterocycles. The van der Waals surface area contributed by atoms with Crippen molar-refractivity contribution >= 4 is 5.96 Å². The number of guanidine groups is 1. The molecular formula is C8H18N4O. The second kappa shape index (κ2) is 5.04. The van der Waals surface area contributed by atoms with Crippen LogP contribution in [0.5, 0.6) is 0 Å². The number of nitrogens with two attached hydrogens (primary N) is 1. The number of hydrazine groups is 1. The highest BCUT2D eigenvalue weighted by molar-refractivity contribution is 5.79. The van der Waals surface area contributed by atoms with Crippen LogP contribution in [-0.4, -0.2) is 32.3 Å². The predicted molar refractivity (Wildman–Crippen MR) is 52.2 cm³/mol. The average Bonchev–Trinajstić information content (AvgIpc) is 2.66. The molecule has 4 N–H and O–H groups in total. The molecule has 0 spiro atoms. The summed E-state index contributed by atoms with van der Waals surface area (Å²) in [4.78, 5) is 3.95. The molecule has 1 fully saturated rings. The van der Waals surface area contributed by atoms with Crippen molar-refractivity contribution in [1.29, 1.82) is 0 Å². The van der Waals surface area contributed by atoms with E-state index in [2.05, 4.69) is 22.7 Å². The largest absolute Gasteiger partial charge is 0.381 e. The Morgan fingerprint density at radius 3 is 2.92 bits per heavy atom. The molecule has 76 valence electrons. The number of nitrogens with one attached hydrogen (secondary N) is 2. The van der Waals surface area contributed by atoms with Crippen LogP contribution in [0.25, 0.3) is 0 Å². The molecule has 1 heterocycles. The molecular weight excluding hydrogens is 168 g/mol. The van der Waals surface area contributed by atoms with Crippen LogP contribution in [0.1, 0.15) is 13.3 Å². The summed E-state index contributed by atoms with van der Waals surface area (Å²) in [6.07, 6.45) is 1.11. The first-order valence-corrected chi connectivity index (χ1v) is 4.55. The van der Waals surface area contributed by atoms with Crippen LogP contribution >= 0.6 is 0 Å². The van der Waals surface area contributed by atoms with E-state index in [-0.39, 0.29) is 0 Å². The van der Waals surface area contributed by atoms with Crippen LogP contribution in [-0.2, 0) is 4.74 Å². The van der Waals surface area contributed by atoms with Crippen LogP contribution in [0.2, 0.25) is 0 Å². The van der Waals surface area contributed by atoms with E-state index in [9.17, 15) is 0 Å². The highest BCUT2D eigenvalue weighted by Crippen LogP contribution is 2.15. The Morgan fingerprint density at radius 2 is 2.46 bits per heavy atom. The molecule has 1 rings (SSSR count).